The zero-order chi connectivity index (χ0) is 17.5. The number of nitrogens with one attached hydrogen (secondary N) is 2. The Morgan fingerprint density at radius 2 is 2.00 bits per heavy atom. The van der Waals surface area contributed by atoms with Gasteiger partial charge in [0.05, 0.1) is 0 Å². The normalized spacial score (nSPS) is 18.0. The molecule has 0 aromatic heterocycles. The lowest BCUT2D eigenvalue weighted by Gasteiger charge is -2.33. The van der Waals surface area contributed by atoms with Gasteiger partial charge in [-0.3, -0.25) is 4.79 Å². The summed E-state index contributed by atoms with van der Waals surface area (Å²) < 4.78 is 0. The Kier molecular flexibility index (Phi) is 8.72. The summed E-state index contributed by atoms with van der Waals surface area (Å²) in [4.78, 5) is 26.0. The minimum absolute atomic E-state index is 0. The van der Waals surface area contributed by atoms with Gasteiger partial charge in [0.2, 0.25) is 5.91 Å². The molecule has 4 N–H and O–H groups in total. The molecule has 0 spiro atoms. The van der Waals surface area contributed by atoms with Crippen LogP contribution in [0.15, 0.2) is 24.3 Å². The molecule has 0 saturated carbocycles. The Morgan fingerprint density at radius 3 is 2.64 bits per heavy atom. The van der Waals surface area contributed by atoms with Gasteiger partial charge in [0, 0.05) is 37.8 Å². The third-order valence-corrected chi connectivity index (χ3v) is 4.23. The summed E-state index contributed by atoms with van der Waals surface area (Å²) in [5.41, 5.74) is 7.63. The molecule has 0 aliphatic carbocycles. The number of aryl methyl sites for hydroxylation is 1. The van der Waals surface area contributed by atoms with E-state index in [1.165, 1.54) is 0 Å². The van der Waals surface area contributed by atoms with Crippen LogP contribution in [0.25, 0.3) is 0 Å². The molecule has 1 saturated heterocycles. The zero-order valence-electron chi connectivity index (χ0n) is 15.0. The number of benzene rings is 1. The van der Waals surface area contributed by atoms with Gasteiger partial charge in [-0.25, -0.2) is 4.79 Å². The second kappa shape index (κ2) is 10.3. The summed E-state index contributed by atoms with van der Waals surface area (Å²) in [7, 11) is 0. The lowest BCUT2D eigenvalue weighted by molar-refractivity contribution is -0.133. The van der Waals surface area contributed by atoms with E-state index >= 15 is 0 Å². The molecule has 0 radical (unpaired) electrons. The van der Waals surface area contributed by atoms with Crippen LogP contribution >= 0.6 is 12.4 Å². The highest BCUT2D eigenvalue weighted by molar-refractivity contribution is 5.89. The predicted octanol–water partition coefficient (Wildman–Crippen LogP) is 2.51. The van der Waals surface area contributed by atoms with E-state index in [2.05, 4.69) is 10.6 Å². The van der Waals surface area contributed by atoms with Crippen LogP contribution in [0.2, 0.25) is 0 Å². The van der Waals surface area contributed by atoms with E-state index in [0.717, 1.165) is 30.6 Å². The highest BCUT2D eigenvalue weighted by atomic mass is 35.5. The number of piperidine rings is 1. The van der Waals surface area contributed by atoms with Crippen LogP contribution in [0, 0.1) is 12.8 Å². The van der Waals surface area contributed by atoms with Gasteiger partial charge in [0.1, 0.15) is 0 Å². The topological polar surface area (TPSA) is 87.5 Å². The number of nitrogens with two attached hydrogens (primary N) is 1. The molecule has 25 heavy (non-hydrogen) atoms. The lowest BCUT2D eigenvalue weighted by Crippen LogP contribution is -2.45. The van der Waals surface area contributed by atoms with Gasteiger partial charge in [0.15, 0.2) is 0 Å². The number of rotatable bonds is 5. The summed E-state index contributed by atoms with van der Waals surface area (Å²) >= 11 is 0. The Hall–Kier alpha value is -1.79. The highest BCUT2D eigenvalue weighted by Crippen LogP contribution is 2.17. The van der Waals surface area contributed by atoms with Crippen molar-refractivity contribution in [2.75, 3.05) is 25.0 Å². The maximum Gasteiger partial charge on any atom is 0.319 e. The Morgan fingerprint density at radius 1 is 1.32 bits per heavy atom. The first kappa shape index (κ1) is 21.3. The molecular weight excluding hydrogens is 340 g/mol. The standard InChI is InChI=1S/C18H28N4O2.ClH/c1-13-5-7-16(8-6-13)21-18(24)20-11-15-4-3-9-22(12-15)17(23)10-14(2)19;/h5-8,14-15H,3-4,9-12,19H2,1-2H3,(H2,20,21,24);1H. The molecule has 1 heterocycles. The SMILES string of the molecule is Cc1ccc(NC(=O)NCC2CCCN(C(=O)CC(C)N)C2)cc1.Cl. The summed E-state index contributed by atoms with van der Waals surface area (Å²) in [6, 6.07) is 7.35. The van der Waals surface area contributed by atoms with Gasteiger partial charge in [0.25, 0.3) is 0 Å². The second-order valence-corrected chi connectivity index (χ2v) is 6.73. The molecule has 7 heteroatoms. The molecule has 6 nitrogen and oxygen atoms in total. The average Bonchev–Trinajstić information content (AvgIpc) is 2.55. The minimum Gasteiger partial charge on any atom is -0.342 e. The molecule has 0 bridgehead atoms. The van der Waals surface area contributed by atoms with Crippen molar-refractivity contribution in [2.45, 2.75) is 39.2 Å². The fraction of sp³-hybridized carbons (Fsp3) is 0.556. The largest absolute Gasteiger partial charge is 0.342 e. The number of urea groups is 1. The summed E-state index contributed by atoms with van der Waals surface area (Å²) in [6.07, 6.45) is 2.37. The molecule has 2 unspecified atom stereocenters. The molecule has 1 fully saturated rings. The molecular formula is C18H29ClN4O2. The smallest absolute Gasteiger partial charge is 0.319 e. The number of hydrogen-bond donors (Lipinski definition) is 3. The van der Waals surface area contributed by atoms with Crippen LogP contribution in [-0.2, 0) is 4.79 Å². The van der Waals surface area contributed by atoms with Crippen LogP contribution in [0.1, 0.15) is 31.7 Å². The van der Waals surface area contributed by atoms with Crippen LogP contribution in [-0.4, -0.2) is 42.5 Å². The van der Waals surface area contributed by atoms with Crippen molar-refractivity contribution in [1.29, 1.82) is 0 Å². The third-order valence-electron chi connectivity index (χ3n) is 4.23. The van der Waals surface area contributed by atoms with Crippen molar-refractivity contribution in [3.8, 4) is 0 Å². The quantitative estimate of drug-likeness (QED) is 0.746. The number of nitrogens with zero attached hydrogens (tertiary/aromatic N) is 1. The van der Waals surface area contributed by atoms with Crippen molar-refractivity contribution in [1.82, 2.24) is 10.2 Å². The first-order valence-corrected chi connectivity index (χ1v) is 8.59. The highest BCUT2D eigenvalue weighted by Gasteiger charge is 2.24. The third kappa shape index (κ3) is 7.32. The van der Waals surface area contributed by atoms with Gasteiger partial charge in [-0.1, -0.05) is 17.7 Å². The van der Waals surface area contributed by atoms with Gasteiger partial charge in [-0.2, -0.15) is 0 Å². The van der Waals surface area contributed by atoms with Crippen LogP contribution < -0.4 is 16.4 Å². The van der Waals surface area contributed by atoms with E-state index in [1.54, 1.807) is 0 Å². The fourth-order valence-electron chi connectivity index (χ4n) is 2.91. The van der Waals surface area contributed by atoms with Crippen molar-refractivity contribution < 1.29 is 9.59 Å². The van der Waals surface area contributed by atoms with Crippen LogP contribution in [0.4, 0.5) is 10.5 Å². The number of halogens is 1. The average molecular weight is 369 g/mol. The van der Waals surface area contributed by atoms with E-state index in [0.29, 0.717) is 25.4 Å². The van der Waals surface area contributed by atoms with E-state index in [4.69, 9.17) is 5.73 Å². The number of hydrogen-bond acceptors (Lipinski definition) is 3. The maximum absolute atomic E-state index is 12.1. The van der Waals surface area contributed by atoms with Gasteiger partial charge < -0.3 is 21.3 Å². The summed E-state index contributed by atoms with van der Waals surface area (Å²) in [6.45, 7) is 5.90. The van der Waals surface area contributed by atoms with E-state index in [1.807, 2.05) is 43.0 Å². The fourth-order valence-corrected chi connectivity index (χ4v) is 2.91. The summed E-state index contributed by atoms with van der Waals surface area (Å²) in [5.74, 6) is 0.401. The first-order chi connectivity index (χ1) is 11.4. The molecule has 1 aliphatic rings. The van der Waals surface area contributed by atoms with Crippen molar-refractivity contribution in [3.63, 3.8) is 0 Å². The number of likely N-dealkylation sites (tertiary alicyclic amines) is 1. The Bertz CT molecular complexity index is 563. The van der Waals surface area contributed by atoms with Crippen LogP contribution in [0.5, 0.6) is 0 Å². The Labute approximate surface area is 155 Å². The molecule has 3 amide bonds. The molecule has 1 aliphatic heterocycles. The monoisotopic (exact) mass is 368 g/mol. The number of carbonyl (C=O) groups excluding carboxylic acids is 2. The van der Waals surface area contributed by atoms with Gasteiger partial charge in [-0.15, -0.1) is 12.4 Å². The van der Waals surface area contributed by atoms with E-state index < -0.39 is 0 Å². The van der Waals surface area contributed by atoms with E-state index in [9.17, 15) is 9.59 Å². The van der Waals surface area contributed by atoms with Crippen molar-refractivity contribution in [2.24, 2.45) is 11.7 Å². The second-order valence-electron chi connectivity index (χ2n) is 6.73. The zero-order valence-corrected chi connectivity index (χ0v) is 15.8. The molecule has 2 rings (SSSR count). The number of amides is 3. The minimum atomic E-state index is -0.210. The summed E-state index contributed by atoms with van der Waals surface area (Å²) in [5, 5.41) is 5.72. The van der Waals surface area contributed by atoms with Gasteiger partial charge >= 0.3 is 6.03 Å². The lowest BCUT2D eigenvalue weighted by atomic mass is 9.97. The van der Waals surface area contributed by atoms with E-state index in [-0.39, 0.29) is 30.4 Å². The van der Waals surface area contributed by atoms with Crippen LogP contribution in [0.3, 0.4) is 0 Å². The van der Waals surface area contributed by atoms with Crippen molar-refractivity contribution in [3.05, 3.63) is 29.8 Å². The Balaban J connectivity index is 0.00000312. The molecule has 140 valence electrons. The van der Waals surface area contributed by atoms with Gasteiger partial charge in [-0.05, 0) is 44.7 Å². The van der Waals surface area contributed by atoms with Crippen molar-refractivity contribution >= 4 is 30.0 Å². The molecule has 1 aromatic carbocycles. The predicted molar refractivity (Wildman–Crippen MR) is 103 cm³/mol. The maximum atomic E-state index is 12.1. The molecule has 1 aromatic rings. The molecule has 2 atom stereocenters. The number of anilines is 1. The number of carbonyl (C=O) groups is 2. The first-order valence-electron chi connectivity index (χ1n) is 8.59.